The van der Waals surface area contributed by atoms with E-state index in [9.17, 15) is 9.90 Å². The maximum Gasteiger partial charge on any atom is 0.225 e. The second-order valence-electron chi connectivity index (χ2n) is 4.59. The van der Waals surface area contributed by atoms with Gasteiger partial charge in [0.15, 0.2) is 5.13 Å². The highest BCUT2D eigenvalue weighted by Crippen LogP contribution is 2.21. The first-order chi connectivity index (χ1) is 10.1. The number of hydrogen-bond donors (Lipinski definition) is 2. The minimum absolute atomic E-state index is 0.000704. The lowest BCUT2D eigenvalue weighted by atomic mass is 10.2. The molecule has 114 valence electrons. The molecule has 7 heteroatoms. The molecule has 2 heterocycles. The molecule has 1 amide bonds. The van der Waals surface area contributed by atoms with E-state index >= 15 is 0 Å². The van der Waals surface area contributed by atoms with Gasteiger partial charge in [0.2, 0.25) is 5.91 Å². The number of nitrogens with zero attached hydrogens (tertiary/aromatic N) is 2. The van der Waals surface area contributed by atoms with Gasteiger partial charge in [0.25, 0.3) is 0 Å². The van der Waals surface area contributed by atoms with Gasteiger partial charge in [-0.25, -0.2) is 4.98 Å². The van der Waals surface area contributed by atoms with Crippen LogP contribution in [0.1, 0.15) is 31.2 Å². The van der Waals surface area contributed by atoms with E-state index in [1.54, 1.807) is 23.2 Å². The topological polar surface area (TPSA) is 65.5 Å². The largest absolute Gasteiger partial charge is 0.387 e. The van der Waals surface area contributed by atoms with Crippen LogP contribution in [0.4, 0.5) is 5.13 Å². The molecule has 0 bridgehead atoms. The molecule has 2 aromatic heterocycles. The molecule has 0 fully saturated rings. The van der Waals surface area contributed by atoms with Crippen LogP contribution in [-0.2, 0) is 11.3 Å². The van der Waals surface area contributed by atoms with E-state index in [1.165, 1.54) is 11.3 Å². The molecule has 0 spiro atoms. The van der Waals surface area contributed by atoms with Gasteiger partial charge >= 0.3 is 0 Å². The summed E-state index contributed by atoms with van der Waals surface area (Å²) in [6.07, 6.45) is -0.501. The number of aliphatic hydroxyl groups excluding tert-OH is 1. The molecule has 0 aromatic carbocycles. The van der Waals surface area contributed by atoms with E-state index in [0.717, 1.165) is 16.4 Å². The first kappa shape index (κ1) is 16.1. The van der Waals surface area contributed by atoms with Crippen LogP contribution in [-0.4, -0.2) is 29.1 Å². The van der Waals surface area contributed by atoms with Crippen LogP contribution in [0.3, 0.4) is 0 Å². The molecule has 0 saturated carbocycles. The van der Waals surface area contributed by atoms with Gasteiger partial charge in [0.05, 0.1) is 11.8 Å². The lowest BCUT2D eigenvalue weighted by molar-refractivity contribution is -0.116. The zero-order valence-corrected chi connectivity index (χ0v) is 13.7. The van der Waals surface area contributed by atoms with Gasteiger partial charge in [-0.3, -0.25) is 9.69 Å². The summed E-state index contributed by atoms with van der Waals surface area (Å²) < 4.78 is 0. The Bertz CT molecular complexity index is 569. The fourth-order valence-electron chi connectivity index (χ4n) is 1.91. The SMILES string of the molecule is CCN(C(C)=O)c1nc(CNCC(O)c2ccsc2)cs1. The summed E-state index contributed by atoms with van der Waals surface area (Å²) in [4.78, 5) is 17.6. The molecule has 0 radical (unpaired) electrons. The van der Waals surface area contributed by atoms with Crippen LogP contribution >= 0.6 is 22.7 Å². The van der Waals surface area contributed by atoms with Crippen molar-refractivity contribution < 1.29 is 9.90 Å². The number of carbonyl (C=O) groups excluding carboxylic acids is 1. The van der Waals surface area contributed by atoms with Crippen molar-refractivity contribution >= 4 is 33.7 Å². The van der Waals surface area contributed by atoms with Crippen molar-refractivity contribution in [3.63, 3.8) is 0 Å². The predicted molar refractivity (Wildman–Crippen MR) is 86.8 cm³/mol. The Hall–Kier alpha value is -1.28. The molecular weight excluding hydrogens is 306 g/mol. The predicted octanol–water partition coefficient (Wildman–Crippen LogP) is 2.40. The van der Waals surface area contributed by atoms with E-state index in [0.29, 0.717) is 19.6 Å². The number of hydrogen-bond acceptors (Lipinski definition) is 6. The van der Waals surface area contributed by atoms with Gasteiger partial charge in [0, 0.05) is 31.9 Å². The maximum absolute atomic E-state index is 11.5. The molecule has 2 N–H and O–H groups in total. The van der Waals surface area contributed by atoms with Crippen LogP contribution in [0.2, 0.25) is 0 Å². The molecule has 0 aliphatic rings. The van der Waals surface area contributed by atoms with Gasteiger partial charge in [-0.15, -0.1) is 11.3 Å². The van der Waals surface area contributed by atoms with Crippen molar-refractivity contribution in [3.05, 3.63) is 33.5 Å². The highest BCUT2D eigenvalue weighted by atomic mass is 32.1. The second-order valence-corrected chi connectivity index (χ2v) is 6.20. The monoisotopic (exact) mass is 325 g/mol. The van der Waals surface area contributed by atoms with Crippen molar-refractivity contribution in [1.82, 2.24) is 10.3 Å². The van der Waals surface area contributed by atoms with E-state index in [1.807, 2.05) is 29.1 Å². The van der Waals surface area contributed by atoms with E-state index < -0.39 is 6.10 Å². The number of thiophene rings is 1. The number of aromatic nitrogens is 1. The smallest absolute Gasteiger partial charge is 0.225 e. The fourth-order valence-corrected chi connectivity index (χ4v) is 3.55. The molecule has 0 aliphatic heterocycles. The molecule has 2 rings (SSSR count). The standard InChI is InChI=1S/C14H19N3O2S2/c1-3-17(10(2)18)14-16-12(9-21-14)6-15-7-13(19)11-4-5-20-8-11/h4-5,8-9,13,15,19H,3,6-7H2,1-2H3. The Labute approximate surface area is 132 Å². The second kappa shape index (κ2) is 7.65. The number of anilines is 1. The third-order valence-corrected chi connectivity index (χ3v) is 4.65. The fraction of sp³-hybridized carbons (Fsp3) is 0.429. The van der Waals surface area contributed by atoms with Crippen molar-refractivity contribution in [2.75, 3.05) is 18.0 Å². The van der Waals surface area contributed by atoms with Crippen molar-refractivity contribution in [2.45, 2.75) is 26.5 Å². The first-order valence-corrected chi connectivity index (χ1v) is 8.57. The Balaban J connectivity index is 1.84. The highest BCUT2D eigenvalue weighted by molar-refractivity contribution is 7.14. The molecule has 21 heavy (non-hydrogen) atoms. The Morgan fingerprint density at radius 1 is 1.52 bits per heavy atom. The van der Waals surface area contributed by atoms with Gasteiger partial charge in [-0.05, 0) is 29.3 Å². The summed E-state index contributed by atoms with van der Waals surface area (Å²) in [5.74, 6) is -0.000704. The average Bonchev–Trinajstić information content (AvgIpc) is 3.10. The molecule has 1 unspecified atom stereocenters. The molecular formula is C14H19N3O2S2. The van der Waals surface area contributed by atoms with Crippen LogP contribution in [0.15, 0.2) is 22.2 Å². The van der Waals surface area contributed by atoms with E-state index in [4.69, 9.17) is 0 Å². The summed E-state index contributed by atoms with van der Waals surface area (Å²) in [7, 11) is 0. The molecule has 0 saturated heterocycles. The number of nitrogens with one attached hydrogen (secondary N) is 1. The van der Waals surface area contributed by atoms with Gasteiger partial charge in [-0.2, -0.15) is 11.3 Å². The summed E-state index contributed by atoms with van der Waals surface area (Å²) in [5, 5.41) is 19.7. The number of rotatable bonds is 7. The van der Waals surface area contributed by atoms with Crippen molar-refractivity contribution in [3.8, 4) is 0 Å². The van der Waals surface area contributed by atoms with Crippen LogP contribution in [0.5, 0.6) is 0 Å². The Kier molecular flexibility index (Phi) is 5.86. The molecule has 5 nitrogen and oxygen atoms in total. The van der Waals surface area contributed by atoms with Crippen LogP contribution in [0, 0.1) is 0 Å². The normalized spacial score (nSPS) is 12.3. The molecule has 2 aromatic rings. The van der Waals surface area contributed by atoms with Gasteiger partial charge in [-0.1, -0.05) is 0 Å². The Morgan fingerprint density at radius 2 is 2.33 bits per heavy atom. The minimum atomic E-state index is -0.501. The lowest BCUT2D eigenvalue weighted by Gasteiger charge is -2.14. The number of amides is 1. The quantitative estimate of drug-likeness (QED) is 0.820. The summed E-state index contributed by atoms with van der Waals surface area (Å²) >= 11 is 3.03. The highest BCUT2D eigenvalue weighted by Gasteiger charge is 2.13. The number of thiazole rings is 1. The zero-order valence-electron chi connectivity index (χ0n) is 12.1. The Morgan fingerprint density at radius 3 is 2.95 bits per heavy atom. The molecule has 0 aliphatic carbocycles. The lowest BCUT2D eigenvalue weighted by Crippen LogP contribution is -2.27. The van der Waals surface area contributed by atoms with Crippen molar-refractivity contribution in [2.24, 2.45) is 0 Å². The van der Waals surface area contributed by atoms with E-state index in [-0.39, 0.29) is 5.91 Å². The number of carbonyl (C=O) groups is 1. The van der Waals surface area contributed by atoms with Gasteiger partial charge in [0.1, 0.15) is 0 Å². The summed E-state index contributed by atoms with van der Waals surface area (Å²) in [5.41, 5.74) is 1.81. The maximum atomic E-state index is 11.5. The van der Waals surface area contributed by atoms with Crippen LogP contribution in [0.25, 0.3) is 0 Å². The molecule has 1 atom stereocenters. The van der Waals surface area contributed by atoms with Crippen molar-refractivity contribution in [1.29, 1.82) is 0 Å². The third-order valence-electron chi connectivity index (χ3n) is 3.04. The number of aliphatic hydroxyl groups is 1. The minimum Gasteiger partial charge on any atom is -0.387 e. The summed E-state index contributed by atoms with van der Waals surface area (Å²) in [6.45, 7) is 5.14. The third kappa shape index (κ3) is 4.34. The zero-order chi connectivity index (χ0) is 15.2. The van der Waals surface area contributed by atoms with Gasteiger partial charge < -0.3 is 10.4 Å². The first-order valence-electron chi connectivity index (χ1n) is 6.75. The average molecular weight is 325 g/mol. The summed E-state index contributed by atoms with van der Waals surface area (Å²) in [6, 6.07) is 1.92. The van der Waals surface area contributed by atoms with Crippen LogP contribution < -0.4 is 10.2 Å². The van der Waals surface area contributed by atoms with E-state index in [2.05, 4.69) is 10.3 Å².